The molecule has 2 unspecified atom stereocenters. The predicted octanol–water partition coefficient (Wildman–Crippen LogP) is 3.66. The Morgan fingerprint density at radius 2 is 2.11 bits per heavy atom. The smallest absolute Gasteiger partial charge is 0.140 e. The van der Waals surface area contributed by atoms with Crippen molar-refractivity contribution in [3.8, 4) is 5.75 Å². The third-order valence-corrected chi connectivity index (χ3v) is 3.84. The van der Waals surface area contributed by atoms with Gasteiger partial charge in [-0.2, -0.15) is 0 Å². The first kappa shape index (κ1) is 14.3. The molecule has 0 saturated carbocycles. The molecular weight excluding hydrogens is 241 g/mol. The molecule has 0 amide bonds. The van der Waals surface area contributed by atoms with E-state index >= 15 is 4.39 Å². The van der Waals surface area contributed by atoms with Crippen LogP contribution in [0.5, 0.6) is 5.75 Å². The molecule has 1 N–H and O–H groups in total. The van der Waals surface area contributed by atoms with E-state index in [0.29, 0.717) is 11.3 Å². The zero-order valence-corrected chi connectivity index (χ0v) is 12.1. The minimum absolute atomic E-state index is 0.0122. The zero-order chi connectivity index (χ0) is 13.9. The maximum atomic E-state index is 15.3. The van der Waals surface area contributed by atoms with E-state index in [0.717, 1.165) is 25.9 Å². The van der Waals surface area contributed by atoms with Gasteiger partial charge in [-0.25, -0.2) is 4.39 Å². The third-order valence-electron chi connectivity index (χ3n) is 3.84. The largest absolute Gasteiger partial charge is 0.491 e. The van der Waals surface area contributed by atoms with Gasteiger partial charge in [0, 0.05) is 18.0 Å². The van der Waals surface area contributed by atoms with Crippen LogP contribution in [0.15, 0.2) is 24.3 Å². The average molecular weight is 265 g/mol. The highest BCUT2D eigenvalue weighted by Gasteiger charge is 2.38. The van der Waals surface area contributed by atoms with Gasteiger partial charge in [-0.1, -0.05) is 18.2 Å². The lowest BCUT2D eigenvalue weighted by Gasteiger charge is -2.35. The molecule has 1 heterocycles. The first-order valence-electron chi connectivity index (χ1n) is 7.17. The fourth-order valence-electron chi connectivity index (χ4n) is 2.76. The Bertz CT molecular complexity index is 411. The van der Waals surface area contributed by atoms with Gasteiger partial charge in [-0.3, -0.25) is 0 Å². The van der Waals surface area contributed by atoms with E-state index in [2.05, 4.69) is 5.32 Å². The van der Waals surface area contributed by atoms with Crippen molar-refractivity contribution in [3.63, 3.8) is 0 Å². The molecule has 1 aliphatic rings. The van der Waals surface area contributed by atoms with E-state index in [1.54, 1.807) is 6.92 Å². The van der Waals surface area contributed by atoms with E-state index in [1.807, 2.05) is 38.1 Å². The SMILES string of the molecule is CC(C)Oc1ccccc1C(C)(F)C1CCCNC1. The number of para-hydroxylation sites is 1. The van der Waals surface area contributed by atoms with Gasteiger partial charge in [0.1, 0.15) is 11.4 Å². The van der Waals surface area contributed by atoms with Gasteiger partial charge >= 0.3 is 0 Å². The standard InChI is InChI=1S/C16H24FNO/c1-12(2)19-15-9-5-4-8-14(15)16(3,17)13-7-6-10-18-11-13/h4-5,8-9,12-13,18H,6-7,10-11H2,1-3H3. The minimum atomic E-state index is -1.35. The highest BCUT2D eigenvalue weighted by Crippen LogP contribution is 2.41. The Hall–Kier alpha value is -1.09. The highest BCUT2D eigenvalue weighted by molar-refractivity contribution is 5.38. The fourth-order valence-corrected chi connectivity index (χ4v) is 2.76. The molecule has 1 fully saturated rings. The lowest BCUT2D eigenvalue weighted by Crippen LogP contribution is -2.40. The van der Waals surface area contributed by atoms with Crippen LogP contribution >= 0.6 is 0 Å². The molecule has 1 saturated heterocycles. The predicted molar refractivity (Wildman–Crippen MR) is 76.3 cm³/mol. The summed E-state index contributed by atoms with van der Waals surface area (Å²) in [5, 5.41) is 3.29. The molecule has 2 rings (SSSR count). The molecule has 0 radical (unpaired) electrons. The second-order valence-corrected chi connectivity index (χ2v) is 5.78. The van der Waals surface area contributed by atoms with Crippen LogP contribution in [0.2, 0.25) is 0 Å². The molecule has 0 aromatic heterocycles. The number of benzene rings is 1. The molecule has 2 nitrogen and oxygen atoms in total. The summed E-state index contributed by atoms with van der Waals surface area (Å²) < 4.78 is 21.1. The number of hydrogen-bond acceptors (Lipinski definition) is 2. The molecular formula is C16H24FNO. The Morgan fingerprint density at radius 1 is 1.37 bits per heavy atom. The minimum Gasteiger partial charge on any atom is -0.491 e. The Labute approximate surface area is 115 Å². The van der Waals surface area contributed by atoms with E-state index < -0.39 is 5.67 Å². The second-order valence-electron chi connectivity index (χ2n) is 5.78. The van der Waals surface area contributed by atoms with Crippen LogP contribution in [0, 0.1) is 5.92 Å². The topological polar surface area (TPSA) is 21.3 Å². The molecule has 1 aliphatic heterocycles. The quantitative estimate of drug-likeness (QED) is 0.897. The molecule has 0 bridgehead atoms. The van der Waals surface area contributed by atoms with Crippen LogP contribution in [0.1, 0.15) is 39.2 Å². The molecule has 106 valence electrons. The van der Waals surface area contributed by atoms with Crippen LogP contribution in [-0.4, -0.2) is 19.2 Å². The number of alkyl halides is 1. The molecule has 2 atom stereocenters. The van der Waals surface area contributed by atoms with Crippen LogP contribution < -0.4 is 10.1 Å². The van der Waals surface area contributed by atoms with Crippen molar-refractivity contribution in [2.45, 2.75) is 45.4 Å². The average Bonchev–Trinajstić information content (AvgIpc) is 2.39. The van der Waals surface area contributed by atoms with Crippen molar-refractivity contribution in [1.82, 2.24) is 5.32 Å². The monoisotopic (exact) mass is 265 g/mol. The van der Waals surface area contributed by atoms with Gasteiger partial charge in [-0.05, 0) is 46.2 Å². The fraction of sp³-hybridized carbons (Fsp3) is 0.625. The van der Waals surface area contributed by atoms with Crippen molar-refractivity contribution in [2.24, 2.45) is 5.92 Å². The van der Waals surface area contributed by atoms with Gasteiger partial charge in [0.2, 0.25) is 0 Å². The summed E-state index contributed by atoms with van der Waals surface area (Å²) in [7, 11) is 0. The summed E-state index contributed by atoms with van der Waals surface area (Å²) in [6.07, 6.45) is 2.02. The number of hydrogen-bond donors (Lipinski definition) is 1. The summed E-state index contributed by atoms with van der Waals surface area (Å²) in [6, 6.07) is 7.50. The summed E-state index contributed by atoms with van der Waals surface area (Å²) in [6.45, 7) is 7.36. The number of ether oxygens (including phenoxy) is 1. The van der Waals surface area contributed by atoms with Crippen LogP contribution in [0.25, 0.3) is 0 Å². The first-order valence-corrected chi connectivity index (χ1v) is 7.17. The second kappa shape index (κ2) is 5.91. The Balaban J connectivity index is 2.27. The van der Waals surface area contributed by atoms with Gasteiger partial charge in [-0.15, -0.1) is 0 Å². The van der Waals surface area contributed by atoms with Crippen LogP contribution in [0.4, 0.5) is 4.39 Å². The van der Waals surface area contributed by atoms with Gasteiger partial charge < -0.3 is 10.1 Å². The van der Waals surface area contributed by atoms with Crippen molar-refractivity contribution in [3.05, 3.63) is 29.8 Å². The molecule has 0 spiro atoms. The number of nitrogens with one attached hydrogen (secondary N) is 1. The molecule has 0 aliphatic carbocycles. The van der Waals surface area contributed by atoms with Gasteiger partial charge in [0.05, 0.1) is 6.10 Å². The normalized spacial score (nSPS) is 23.1. The maximum absolute atomic E-state index is 15.3. The molecule has 1 aromatic rings. The van der Waals surface area contributed by atoms with Crippen LogP contribution in [0.3, 0.4) is 0 Å². The van der Waals surface area contributed by atoms with Gasteiger partial charge in [0.15, 0.2) is 0 Å². The van der Waals surface area contributed by atoms with E-state index in [1.165, 1.54) is 0 Å². The summed E-state index contributed by atoms with van der Waals surface area (Å²) in [4.78, 5) is 0. The highest BCUT2D eigenvalue weighted by atomic mass is 19.1. The summed E-state index contributed by atoms with van der Waals surface area (Å²) in [5.41, 5.74) is -0.670. The van der Waals surface area contributed by atoms with Crippen molar-refractivity contribution in [2.75, 3.05) is 13.1 Å². The number of rotatable bonds is 4. The van der Waals surface area contributed by atoms with E-state index in [4.69, 9.17) is 4.74 Å². The Kier molecular flexibility index (Phi) is 4.46. The first-order chi connectivity index (χ1) is 9.01. The van der Waals surface area contributed by atoms with E-state index in [-0.39, 0.29) is 12.0 Å². The molecule has 19 heavy (non-hydrogen) atoms. The van der Waals surface area contributed by atoms with Crippen molar-refractivity contribution >= 4 is 0 Å². The number of halogens is 1. The van der Waals surface area contributed by atoms with Gasteiger partial charge in [0.25, 0.3) is 0 Å². The van der Waals surface area contributed by atoms with Crippen molar-refractivity contribution in [1.29, 1.82) is 0 Å². The lowest BCUT2D eigenvalue weighted by atomic mass is 9.80. The Morgan fingerprint density at radius 3 is 2.74 bits per heavy atom. The summed E-state index contributed by atoms with van der Waals surface area (Å²) >= 11 is 0. The lowest BCUT2D eigenvalue weighted by molar-refractivity contribution is 0.0758. The molecule has 3 heteroatoms. The zero-order valence-electron chi connectivity index (χ0n) is 12.1. The van der Waals surface area contributed by atoms with Crippen molar-refractivity contribution < 1.29 is 9.13 Å². The summed E-state index contributed by atoms with van der Waals surface area (Å²) in [5.74, 6) is 0.686. The number of piperidine rings is 1. The maximum Gasteiger partial charge on any atom is 0.140 e. The van der Waals surface area contributed by atoms with Crippen LogP contribution in [-0.2, 0) is 5.67 Å². The molecule has 1 aromatic carbocycles. The third kappa shape index (κ3) is 3.27. The van der Waals surface area contributed by atoms with E-state index in [9.17, 15) is 0 Å².